The monoisotopic (exact) mass is 371 g/mol. The number of para-hydroxylation sites is 1. The lowest BCUT2D eigenvalue weighted by atomic mass is 10.00. The van der Waals surface area contributed by atoms with Crippen LogP contribution in [-0.2, 0) is 16.1 Å². The Balaban J connectivity index is 1.59. The Kier molecular flexibility index (Phi) is 4.94. The molecule has 0 bridgehead atoms. The zero-order chi connectivity index (χ0) is 19.5. The van der Waals surface area contributed by atoms with Gasteiger partial charge in [0.2, 0.25) is 0 Å². The average Bonchev–Trinajstić information content (AvgIpc) is 2.99. The van der Waals surface area contributed by atoms with Crippen molar-refractivity contribution in [2.75, 3.05) is 4.90 Å². The van der Waals surface area contributed by atoms with Crippen molar-refractivity contribution >= 4 is 17.6 Å². The van der Waals surface area contributed by atoms with Crippen molar-refractivity contribution < 1.29 is 14.3 Å². The molecule has 1 amide bonds. The second-order valence-corrected chi connectivity index (χ2v) is 6.97. The van der Waals surface area contributed by atoms with Crippen molar-refractivity contribution in [3.05, 3.63) is 101 Å². The van der Waals surface area contributed by atoms with Crippen molar-refractivity contribution in [1.82, 2.24) is 0 Å². The number of carbonyl (C=O) groups excluding carboxylic acids is 2. The van der Waals surface area contributed by atoms with Crippen molar-refractivity contribution in [2.24, 2.45) is 0 Å². The van der Waals surface area contributed by atoms with Crippen LogP contribution in [0, 0.1) is 6.92 Å². The van der Waals surface area contributed by atoms with E-state index in [0.29, 0.717) is 5.56 Å². The Morgan fingerprint density at radius 1 is 0.964 bits per heavy atom. The number of amides is 1. The summed E-state index contributed by atoms with van der Waals surface area (Å²) in [6, 6.07) is 24.4. The molecule has 0 spiro atoms. The van der Waals surface area contributed by atoms with E-state index in [2.05, 4.69) is 0 Å². The van der Waals surface area contributed by atoms with Gasteiger partial charge in [0.25, 0.3) is 5.91 Å². The molecular weight excluding hydrogens is 350 g/mol. The number of ether oxygens (including phenoxy) is 1. The summed E-state index contributed by atoms with van der Waals surface area (Å²) in [4.78, 5) is 27.3. The van der Waals surface area contributed by atoms with Crippen LogP contribution in [-0.4, -0.2) is 11.9 Å². The maximum atomic E-state index is 13.1. The number of rotatable bonds is 5. The molecule has 1 atom stereocenters. The number of aryl methyl sites for hydroxylation is 1. The summed E-state index contributed by atoms with van der Waals surface area (Å²) in [6.07, 6.45) is 0.115. The molecule has 1 heterocycles. The minimum atomic E-state index is -0.368. The predicted octanol–water partition coefficient (Wildman–Crippen LogP) is 4.83. The fourth-order valence-corrected chi connectivity index (χ4v) is 3.60. The van der Waals surface area contributed by atoms with Crippen molar-refractivity contribution in [3.8, 4) is 0 Å². The van der Waals surface area contributed by atoms with E-state index in [1.807, 2.05) is 85.8 Å². The fourth-order valence-electron chi connectivity index (χ4n) is 3.60. The zero-order valence-electron chi connectivity index (χ0n) is 15.7. The predicted molar refractivity (Wildman–Crippen MR) is 108 cm³/mol. The maximum Gasteiger partial charge on any atom is 0.308 e. The molecule has 3 aromatic rings. The molecule has 140 valence electrons. The summed E-state index contributed by atoms with van der Waals surface area (Å²) in [6.45, 7) is 2.22. The Morgan fingerprint density at radius 2 is 1.64 bits per heavy atom. The van der Waals surface area contributed by atoms with Gasteiger partial charge in [0.1, 0.15) is 6.61 Å². The number of benzene rings is 3. The molecule has 1 aliphatic rings. The summed E-state index contributed by atoms with van der Waals surface area (Å²) in [5.41, 5.74) is 4.31. The molecule has 3 aromatic carbocycles. The minimum Gasteiger partial charge on any atom is -0.461 e. The molecule has 1 unspecified atom stereocenters. The summed E-state index contributed by atoms with van der Waals surface area (Å²) in [5, 5.41) is 0. The Hall–Kier alpha value is -3.40. The number of fused-ring (bicyclic) bond motifs is 1. The van der Waals surface area contributed by atoms with Crippen LogP contribution >= 0.6 is 0 Å². The highest BCUT2D eigenvalue weighted by molar-refractivity contribution is 6.11. The second kappa shape index (κ2) is 7.69. The van der Waals surface area contributed by atoms with Crippen LogP contribution in [0.5, 0.6) is 0 Å². The number of esters is 1. The molecule has 0 aliphatic carbocycles. The first kappa shape index (κ1) is 18.0. The number of nitrogens with zero attached hydrogens (tertiary/aromatic N) is 1. The first-order chi connectivity index (χ1) is 13.6. The highest BCUT2D eigenvalue weighted by atomic mass is 16.5. The van der Waals surface area contributed by atoms with Gasteiger partial charge in [0.15, 0.2) is 0 Å². The van der Waals surface area contributed by atoms with Gasteiger partial charge in [-0.05, 0) is 36.2 Å². The van der Waals surface area contributed by atoms with E-state index < -0.39 is 0 Å². The van der Waals surface area contributed by atoms with Gasteiger partial charge >= 0.3 is 5.97 Å². The molecule has 0 saturated carbocycles. The fraction of sp³-hybridized carbons (Fsp3) is 0.167. The zero-order valence-corrected chi connectivity index (χ0v) is 15.7. The molecule has 0 aromatic heterocycles. The minimum absolute atomic E-state index is 0.0814. The van der Waals surface area contributed by atoms with Gasteiger partial charge in [-0.15, -0.1) is 0 Å². The normalized spacial score (nSPS) is 15.4. The van der Waals surface area contributed by atoms with Crippen molar-refractivity contribution in [2.45, 2.75) is 26.0 Å². The quantitative estimate of drug-likeness (QED) is 0.604. The maximum absolute atomic E-state index is 13.1. The summed E-state index contributed by atoms with van der Waals surface area (Å²) < 4.78 is 5.48. The SMILES string of the molecule is Cc1ccc2c(c1)C(CC(=O)OCc1ccccc1)N(c1ccccc1)C2=O. The van der Waals surface area contributed by atoms with E-state index >= 15 is 0 Å². The van der Waals surface area contributed by atoms with Gasteiger partial charge in [0, 0.05) is 11.3 Å². The van der Waals surface area contributed by atoms with E-state index in [-0.39, 0.29) is 30.9 Å². The van der Waals surface area contributed by atoms with E-state index in [0.717, 1.165) is 22.4 Å². The third kappa shape index (κ3) is 3.54. The number of anilines is 1. The van der Waals surface area contributed by atoms with Gasteiger partial charge in [-0.2, -0.15) is 0 Å². The van der Waals surface area contributed by atoms with Crippen LogP contribution in [0.15, 0.2) is 78.9 Å². The Labute approximate surface area is 164 Å². The second-order valence-electron chi connectivity index (χ2n) is 6.97. The molecule has 1 aliphatic heterocycles. The van der Waals surface area contributed by atoms with Crippen LogP contribution in [0.3, 0.4) is 0 Å². The number of carbonyl (C=O) groups is 2. The summed E-state index contributed by atoms with van der Waals surface area (Å²) in [7, 11) is 0. The highest BCUT2D eigenvalue weighted by Gasteiger charge is 2.39. The molecule has 0 N–H and O–H groups in total. The lowest BCUT2D eigenvalue weighted by Gasteiger charge is -2.25. The van der Waals surface area contributed by atoms with Gasteiger partial charge in [-0.1, -0.05) is 66.2 Å². The largest absolute Gasteiger partial charge is 0.461 e. The van der Waals surface area contributed by atoms with Crippen LogP contribution in [0.1, 0.15) is 39.5 Å². The van der Waals surface area contributed by atoms with Gasteiger partial charge in [-0.25, -0.2) is 0 Å². The molecule has 4 rings (SSSR count). The first-order valence-electron chi connectivity index (χ1n) is 9.32. The standard InChI is InChI=1S/C24H21NO3/c1-17-12-13-20-21(14-17)22(25(24(20)27)19-10-6-3-7-11-19)15-23(26)28-16-18-8-4-2-5-9-18/h2-14,22H,15-16H2,1H3. The lowest BCUT2D eigenvalue weighted by Crippen LogP contribution is -2.29. The van der Waals surface area contributed by atoms with Crippen LogP contribution in [0.2, 0.25) is 0 Å². The molecule has 4 heteroatoms. The van der Waals surface area contributed by atoms with E-state index in [4.69, 9.17) is 4.74 Å². The lowest BCUT2D eigenvalue weighted by molar-refractivity contribution is -0.145. The average molecular weight is 371 g/mol. The van der Waals surface area contributed by atoms with Crippen LogP contribution in [0.4, 0.5) is 5.69 Å². The third-order valence-corrected chi connectivity index (χ3v) is 4.96. The Morgan fingerprint density at radius 3 is 2.36 bits per heavy atom. The van der Waals surface area contributed by atoms with Crippen LogP contribution < -0.4 is 4.90 Å². The molecular formula is C24H21NO3. The third-order valence-electron chi connectivity index (χ3n) is 4.96. The van der Waals surface area contributed by atoms with Gasteiger partial charge in [-0.3, -0.25) is 9.59 Å². The van der Waals surface area contributed by atoms with Gasteiger partial charge in [0.05, 0.1) is 12.5 Å². The molecule has 0 radical (unpaired) electrons. The molecule has 28 heavy (non-hydrogen) atoms. The van der Waals surface area contributed by atoms with E-state index in [1.165, 1.54) is 0 Å². The van der Waals surface area contributed by atoms with Crippen molar-refractivity contribution in [1.29, 1.82) is 0 Å². The van der Waals surface area contributed by atoms with Gasteiger partial charge < -0.3 is 9.64 Å². The molecule has 4 nitrogen and oxygen atoms in total. The summed E-state index contributed by atoms with van der Waals surface area (Å²) >= 11 is 0. The number of hydrogen-bond acceptors (Lipinski definition) is 3. The molecule has 0 saturated heterocycles. The molecule has 0 fully saturated rings. The first-order valence-corrected chi connectivity index (χ1v) is 9.32. The smallest absolute Gasteiger partial charge is 0.308 e. The Bertz CT molecular complexity index is 999. The highest BCUT2D eigenvalue weighted by Crippen LogP contribution is 2.40. The number of hydrogen-bond donors (Lipinski definition) is 0. The van der Waals surface area contributed by atoms with Crippen LogP contribution in [0.25, 0.3) is 0 Å². The summed E-state index contributed by atoms with van der Waals surface area (Å²) in [5.74, 6) is -0.404. The van der Waals surface area contributed by atoms with Crippen molar-refractivity contribution in [3.63, 3.8) is 0 Å². The van der Waals surface area contributed by atoms with E-state index in [9.17, 15) is 9.59 Å². The van der Waals surface area contributed by atoms with E-state index in [1.54, 1.807) is 4.90 Å². The topological polar surface area (TPSA) is 46.6 Å².